The zero-order valence-electron chi connectivity index (χ0n) is 8.85. The maximum atomic E-state index is 12.0. The maximum Gasteiger partial charge on any atom is 0.326 e. The number of carbonyl (C=O) groups is 2. The second kappa shape index (κ2) is 4.46. The van der Waals surface area contributed by atoms with Crippen LogP contribution in [0.4, 0.5) is 0 Å². The number of aliphatic hydroxyl groups excluding tert-OH is 1. The molecule has 1 aliphatic rings. The number of rotatable bonds is 2. The Kier molecular flexibility index (Phi) is 3.01. The summed E-state index contributed by atoms with van der Waals surface area (Å²) >= 11 is 0. The second-order valence-electron chi connectivity index (χ2n) is 3.83. The summed E-state index contributed by atoms with van der Waals surface area (Å²) in [6, 6.07) is 0.476. The third kappa shape index (κ3) is 2.23. The van der Waals surface area contributed by atoms with Gasteiger partial charge in [-0.2, -0.15) is 10.2 Å². The van der Waals surface area contributed by atoms with Gasteiger partial charge in [-0.05, 0) is 6.07 Å². The summed E-state index contributed by atoms with van der Waals surface area (Å²) in [6.45, 7) is 0.0259. The number of aliphatic carboxylic acids is 1. The molecule has 17 heavy (non-hydrogen) atoms. The fraction of sp³-hybridized carbons (Fsp3) is 0.400. The summed E-state index contributed by atoms with van der Waals surface area (Å²) < 4.78 is 0. The number of nitrogens with zero attached hydrogens (tertiary/aromatic N) is 3. The molecule has 1 aromatic heterocycles. The Hall–Kier alpha value is -2.02. The van der Waals surface area contributed by atoms with E-state index in [0.29, 0.717) is 0 Å². The number of amides is 1. The van der Waals surface area contributed by atoms with Crippen molar-refractivity contribution in [2.75, 3.05) is 6.54 Å². The highest BCUT2D eigenvalue weighted by atomic mass is 16.4. The predicted octanol–water partition coefficient (Wildman–Crippen LogP) is -0.863. The lowest BCUT2D eigenvalue weighted by atomic mass is 10.2. The second-order valence-corrected chi connectivity index (χ2v) is 3.83. The summed E-state index contributed by atoms with van der Waals surface area (Å²) in [5.74, 6) is -1.57. The van der Waals surface area contributed by atoms with Crippen LogP contribution in [0.15, 0.2) is 18.5 Å². The van der Waals surface area contributed by atoms with Crippen LogP contribution in [0.25, 0.3) is 0 Å². The SMILES string of the molecule is O=C(O)[C@@H]1C[C@H](O)CN1C(=O)c1ccnnc1. The van der Waals surface area contributed by atoms with E-state index < -0.39 is 24.0 Å². The van der Waals surface area contributed by atoms with Gasteiger partial charge in [-0.3, -0.25) is 4.79 Å². The van der Waals surface area contributed by atoms with E-state index in [1.54, 1.807) is 0 Å². The average Bonchev–Trinajstić information content (AvgIpc) is 2.72. The Morgan fingerprint density at radius 2 is 2.18 bits per heavy atom. The van der Waals surface area contributed by atoms with Crippen LogP contribution in [-0.2, 0) is 4.79 Å². The molecule has 1 aromatic rings. The van der Waals surface area contributed by atoms with Crippen LogP contribution in [0.1, 0.15) is 16.8 Å². The monoisotopic (exact) mass is 237 g/mol. The van der Waals surface area contributed by atoms with Crippen LogP contribution in [0.5, 0.6) is 0 Å². The third-order valence-electron chi connectivity index (χ3n) is 2.66. The minimum atomic E-state index is -1.11. The van der Waals surface area contributed by atoms with E-state index in [4.69, 9.17) is 5.11 Å². The van der Waals surface area contributed by atoms with Crippen LogP contribution >= 0.6 is 0 Å². The Balaban J connectivity index is 2.22. The van der Waals surface area contributed by atoms with E-state index in [0.717, 1.165) is 4.90 Å². The van der Waals surface area contributed by atoms with Crippen molar-refractivity contribution in [3.8, 4) is 0 Å². The largest absolute Gasteiger partial charge is 0.480 e. The summed E-state index contributed by atoms with van der Waals surface area (Å²) in [7, 11) is 0. The standard InChI is InChI=1S/C10H11N3O4/c14-7-3-8(10(16)17)13(5-7)9(15)6-1-2-11-12-4-6/h1-2,4,7-8,14H,3,5H2,(H,16,17)/t7-,8-/m0/s1. The van der Waals surface area contributed by atoms with Crippen molar-refractivity contribution in [3.05, 3.63) is 24.0 Å². The van der Waals surface area contributed by atoms with Gasteiger partial charge in [0, 0.05) is 13.0 Å². The van der Waals surface area contributed by atoms with Gasteiger partial charge in [0.15, 0.2) is 0 Å². The topological polar surface area (TPSA) is 104 Å². The van der Waals surface area contributed by atoms with Gasteiger partial charge in [-0.25, -0.2) is 4.79 Å². The zero-order valence-corrected chi connectivity index (χ0v) is 8.85. The molecule has 2 heterocycles. The molecule has 1 fully saturated rings. The maximum absolute atomic E-state index is 12.0. The van der Waals surface area contributed by atoms with Crippen molar-refractivity contribution in [3.63, 3.8) is 0 Å². The molecule has 0 unspecified atom stereocenters. The minimum Gasteiger partial charge on any atom is -0.480 e. The number of carboxylic acids is 1. The summed E-state index contributed by atoms with van der Waals surface area (Å²) in [4.78, 5) is 24.1. The molecule has 2 atom stereocenters. The number of likely N-dealkylation sites (tertiary alicyclic amines) is 1. The number of hydrogen-bond donors (Lipinski definition) is 2. The molecule has 7 heteroatoms. The van der Waals surface area contributed by atoms with Gasteiger partial charge in [0.05, 0.1) is 24.1 Å². The quantitative estimate of drug-likeness (QED) is 0.693. The lowest BCUT2D eigenvalue weighted by Gasteiger charge is -2.20. The molecule has 90 valence electrons. The predicted molar refractivity (Wildman–Crippen MR) is 55.1 cm³/mol. The molecule has 7 nitrogen and oxygen atoms in total. The van der Waals surface area contributed by atoms with Crippen molar-refractivity contribution in [2.45, 2.75) is 18.6 Å². The van der Waals surface area contributed by atoms with Crippen molar-refractivity contribution >= 4 is 11.9 Å². The van der Waals surface area contributed by atoms with Crippen LogP contribution in [0.2, 0.25) is 0 Å². The Morgan fingerprint density at radius 3 is 2.76 bits per heavy atom. The summed E-state index contributed by atoms with van der Waals surface area (Å²) in [5, 5.41) is 25.5. The molecule has 0 radical (unpaired) electrons. The smallest absolute Gasteiger partial charge is 0.326 e. The number of hydrogen-bond acceptors (Lipinski definition) is 5. The van der Waals surface area contributed by atoms with Crippen molar-refractivity contribution in [1.82, 2.24) is 15.1 Å². The van der Waals surface area contributed by atoms with Gasteiger partial charge in [0.1, 0.15) is 6.04 Å². The molecule has 0 spiro atoms. The lowest BCUT2D eigenvalue weighted by Crippen LogP contribution is -2.40. The van der Waals surface area contributed by atoms with Crippen LogP contribution in [-0.4, -0.2) is 55.9 Å². The average molecular weight is 237 g/mol. The van der Waals surface area contributed by atoms with Crippen LogP contribution in [0, 0.1) is 0 Å². The van der Waals surface area contributed by atoms with E-state index in [2.05, 4.69) is 10.2 Å². The first-order chi connectivity index (χ1) is 8.09. The molecule has 1 amide bonds. The number of β-amino-alcohol motifs (C(OH)–C–C–N with tert-alkyl or cyclic N) is 1. The zero-order chi connectivity index (χ0) is 12.4. The molecule has 2 N–H and O–H groups in total. The van der Waals surface area contributed by atoms with E-state index in [1.165, 1.54) is 18.5 Å². The highest BCUT2D eigenvalue weighted by Crippen LogP contribution is 2.20. The van der Waals surface area contributed by atoms with E-state index in [9.17, 15) is 14.7 Å². The molecular weight excluding hydrogens is 226 g/mol. The molecule has 0 saturated carbocycles. The molecule has 0 aliphatic carbocycles. The van der Waals surface area contributed by atoms with E-state index in [-0.39, 0.29) is 18.5 Å². The normalized spacial score (nSPS) is 23.7. The fourth-order valence-electron chi connectivity index (χ4n) is 1.86. The van der Waals surface area contributed by atoms with Crippen LogP contribution < -0.4 is 0 Å². The van der Waals surface area contributed by atoms with Gasteiger partial charge in [-0.15, -0.1) is 0 Å². The van der Waals surface area contributed by atoms with E-state index in [1.807, 2.05) is 0 Å². The van der Waals surface area contributed by atoms with Crippen molar-refractivity contribution in [1.29, 1.82) is 0 Å². The first-order valence-electron chi connectivity index (χ1n) is 5.08. The number of carbonyl (C=O) groups excluding carboxylic acids is 1. The molecule has 1 saturated heterocycles. The van der Waals surface area contributed by atoms with Gasteiger partial charge in [0.25, 0.3) is 5.91 Å². The van der Waals surface area contributed by atoms with Crippen molar-refractivity contribution in [2.24, 2.45) is 0 Å². The third-order valence-corrected chi connectivity index (χ3v) is 2.66. The van der Waals surface area contributed by atoms with Gasteiger partial charge in [0.2, 0.25) is 0 Å². The molecule has 1 aliphatic heterocycles. The first kappa shape index (κ1) is 11.5. The van der Waals surface area contributed by atoms with Crippen LogP contribution in [0.3, 0.4) is 0 Å². The highest BCUT2D eigenvalue weighted by Gasteiger charge is 2.39. The van der Waals surface area contributed by atoms with Gasteiger partial charge < -0.3 is 15.1 Å². The number of aromatic nitrogens is 2. The minimum absolute atomic E-state index is 0.0259. The van der Waals surface area contributed by atoms with Gasteiger partial charge in [-0.1, -0.05) is 0 Å². The lowest BCUT2D eigenvalue weighted by molar-refractivity contribution is -0.141. The molecular formula is C10H11N3O4. The summed E-state index contributed by atoms with van der Waals surface area (Å²) in [6.07, 6.45) is 1.89. The Bertz CT molecular complexity index is 436. The fourth-order valence-corrected chi connectivity index (χ4v) is 1.86. The molecule has 0 aromatic carbocycles. The number of carboxylic acid groups (broad SMARTS) is 1. The van der Waals surface area contributed by atoms with E-state index >= 15 is 0 Å². The van der Waals surface area contributed by atoms with Crippen molar-refractivity contribution < 1.29 is 19.8 Å². The Labute approximate surface area is 96.7 Å². The number of aliphatic hydroxyl groups is 1. The molecule has 0 bridgehead atoms. The first-order valence-corrected chi connectivity index (χ1v) is 5.08. The Morgan fingerprint density at radius 1 is 1.41 bits per heavy atom. The highest BCUT2D eigenvalue weighted by molar-refractivity contribution is 5.96. The van der Waals surface area contributed by atoms with Gasteiger partial charge >= 0.3 is 5.97 Å². The summed E-state index contributed by atoms with van der Waals surface area (Å²) in [5.41, 5.74) is 0.264. The molecule has 2 rings (SSSR count).